The summed E-state index contributed by atoms with van der Waals surface area (Å²) in [6, 6.07) is 9.50. The molecule has 8 nitrogen and oxygen atoms in total. The number of aromatic nitrogens is 4. The normalized spacial score (nSPS) is 15.4. The zero-order valence-electron chi connectivity index (χ0n) is 13.6. The standard InChI is InChI=1S/C17H19N5O3/c23-11-16(24)15-7-13-9-20(5-6-22(13)19-15)17(25)10-21-8-12-3-1-2-4-14(12)18-21/h1-4,7-8,16,23-24H,5-6,9-11H2/t16-/m1/s1. The Morgan fingerprint density at radius 1 is 1.24 bits per heavy atom. The van der Waals surface area contributed by atoms with Gasteiger partial charge in [0.1, 0.15) is 12.6 Å². The van der Waals surface area contributed by atoms with Crippen LogP contribution in [0, 0.1) is 0 Å². The zero-order valence-corrected chi connectivity index (χ0v) is 13.6. The second-order valence-corrected chi connectivity index (χ2v) is 6.18. The molecule has 0 bridgehead atoms. The molecule has 1 amide bonds. The van der Waals surface area contributed by atoms with Gasteiger partial charge in [0.05, 0.1) is 36.6 Å². The molecule has 3 heterocycles. The van der Waals surface area contributed by atoms with Gasteiger partial charge in [-0.1, -0.05) is 18.2 Å². The number of hydrogen-bond donors (Lipinski definition) is 2. The van der Waals surface area contributed by atoms with Gasteiger partial charge in [-0.3, -0.25) is 14.2 Å². The van der Waals surface area contributed by atoms with E-state index in [-0.39, 0.29) is 19.1 Å². The van der Waals surface area contributed by atoms with Crippen LogP contribution < -0.4 is 0 Å². The molecule has 2 aromatic heterocycles. The van der Waals surface area contributed by atoms with E-state index in [1.165, 1.54) is 0 Å². The van der Waals surface area contributed by atoms with Crippen molar-refractivity contribution in [2.45, 2.75) is 25.7 Å². The van der Waals surface area contributed by atoms with Crippen LogP contribution in [-0.4, -0.2) is 53.7 Å². The van der Waals surface area contributed by atoms with Crippen LogP contribution in [0.15, 0.2) is 36.5 Å². The van der Waals surface area contributed by atoms with Crippen LogP contribution in [0.4, 0.5) is 0 Å². The van der Waals surface area contributed by atoms with Gasteiger partial charge in [-0.2, -0.15) is 10.2 Å². The highest BCUT2D eigenvalue weighted by atomic mass is 16.3. The number of amides is 1. The number of carbonyl (C=O) groups is 1. The van der Waals surface area contributed by atoms with E-state index < -0.39 is 6.10 Å². The van der Waals surface area contributed by atoms with Crippen LogP contribution in [0.2, 0.25) is 0 Å². The third kappa shape index (κ3) is 3.01. The molecule has 1 aliphatic heterocycles. The summed E-state index contributed by atoms with van der Waals surface area (Å²) in [6.45, 7) is 1.38. The molecule has 4 rings (SSSR count). The highest BCUT2D eigenvalue weighted by Crippen LogP contribution is 2.18. The van der Waals surface area contributed by atoms with Crippen LogP contribution in [-0.2, 0) is 24.4 Å². The summed E-state index contributed by atoms with van der Waals surface area (Å²) in [5, 5.41) is 28.4. The Hall–Kier alpha value is -2.71. The third-order valence-corrected chi connectivity index (χ3v) is 4.44. The molecule has 0 saturated heterocycles. The Balaban J connectivity index is 1.47. The number of rotatable bonds is 4. The zero-order chi connectivity index (χ0) is 17.4. The summed E-state index contributed by atoms with van der Waals surface area (Å²) in [7, 11) is 0. The predicted octanol–water partition coefficient (Wildman–Crippen LogP) is 0.301. The van der Waals surface area contributed by atoms with Crippen molar-refractivity contribution in [3.63, 3.8) is 0 Å². The second kappa shape index (κ2) is 6.30. The maximum Gasteiger partial charge on any atom is 0.244 e. The molecule has 1 atom stereocenters. The largest absolute Gasteiger partial charge is 0.393 e. The van der Waals surface area contributed by atoms with Crippen LogP contribution in [0.5, 0.6) is 0 Å². The summed E-state index contributed by atoms with van der Waals surface area (Å²) < 4.78 is 3.44. The molecular formula is C17H19N5O3. The molecule has 2 N–H and O–H groups in total. The Bertz CT molecular complexity index is 883. The highest BCUT2D eigenvalue weighted by Gasteiger charge is 2.24. The fourth-order valence-corrected chi connectivity index (χ4v) is 3.09. The SMILES string of the molecule is O=C(Cn1cc2ccccc2n1)N1CCn2nc([C@H](O)CO)cc2C1. The molecule has 0 fully saturated rings. The number of fused-ring (bicyclic) bond motifs is 2. The van der Waals surface area contributed by atoms with Crippen molar-refractivity contribution >= 4 is 16.8 Å². The van der Waals surface area contributed by atoms with E-state index in [1.54, 1.807) is 20.3 Å². The van der Waals surface area contributed by atoms with Gasteiger partial charge in [-0.25, -0.2) is 0 Å². The second-order valence-electron chi connectivity index (χ2n) is 6.18. The van der Waals surface area contributed by atoms with E-state index in [2.05, 4.69) is 10.2 Å². The van der Waals surface area contributed by atoms with Crippen molar-refractivity contribution in [3.05, 3.63) is 47.9 Å². The first-order chi connectivity index (χ1) is 12.1. The molecule has 25 heavy (non-hydrogen) atoms. The van der Waals surface area contributed by atoms with E-state index in [9.17, 15) is 9.90 Å². The van der Waals surface area contributed by atoms with Crippen molar-refractivity contribution < 1.29 is 15.0 Å². The lowest BCUT2D eigenvalue weighted by molar-refractivity contribution is -0.133. The summed E-state index contributed by atoms with van der Waals surface area (Å²) >= 11 is 0. The monoisotopic (exact) mass is 341 g/mol. The van der Waals surface area contributed by atoms with Crippen molar-refractivity contribution in [1.82, 2.24) is 24.5 Å². The minimum Gasteiger partial charge on any atom is -0.393 e. The third-order valence-electron chi connectivity index (χ3n) is 4.44. The van der Waals surface area contributed by atoms with Crippen LogP contribution >= 0.6 is 0 Å². The van der Waals surface area contributed by atoms with Gasteiger partial charge in [0.25, 0.3) is 0 Å². The summed E-state index contributed by atoms with van der Waals surface area (Å²) in [5.41, 5.74) is 2.16. The highest BCUT2D eigenvalue weighted by molar-refractivity contribution is 5.79. The van der Waals surface area contributed by atoms with Crippen molar-refractivity contribution in [2.24, 2.45) is 0 Å². The van der Waals surface area contributed by atoms with E-state index in [1.807, 2.05) is 30.5 Å². The first-order valence-electron chi connectivity index (χ1n) is 8.19. The van der Waals surface area contributed by atoms with Gasteiger partial charge in [0.15, 0.2) is 0 Å². The molecule has 1 aromatic carbocycles. The molecular weight excluding hydrogens is 322 g/mol. The van der Waals surface area contributed by atoms with E-state index >= 15 is 0 Å². The Kier molecular flexibility index (Phi) is 3.98. The lowest BCUT2D eigenvalue weighted by Gasteiger charge is -2.27. The van der Waals surface area contributed by atoms with Crippen LogP contribution in [0.3, 0.4) is 0 Å². The van der Waals surface area contributed by atoms with Crippen molar-refractivity contribution in [3.8, 4) is 0 Å². The maximum absolute atomic E-state index is 12.6. The Labute approximate surface area is 143 Å². The molecule has 0 radical (unpaired) electrons. The van der Waals surface area contributed by atoms with Gasteiger partial charge in [0, 0.05) is 18.1 Å². The van der Waals surface area contributed by atoms with E-state index in [4.69, 9.17) is 5.11 Å². The maximum atomic E-state index is 12.6. The van der Waals surface area contributed by atoms with Gasteiger partial charge in [-0.15, -0.1) is 0 Å². The van der Waals surface area contributed by atoms with Crippen LogP contribution in [0.25, 0.3) is 10.9 Å². The molecule has 8 heteroatoms. The molecule has 1 aliphatic rings. The number of carbonyl (C=O) groups excluding carboxylic acids is 1. The number of aliphatic hydroxyl groups is 2. The molecule has 3 aromatic rings. The first-order valence-corrected chi connectivity index (χ1v) is 8.19. The van der Waals surface area contributed by atoms with Gasteiger partial charge in [0.2, 0.25) is 5.91 Å². The average molecular weight is 341 g/mol. The summed E-state index contributed by atoms with van der Waals surface area (Å²) in [6.07, 6.45) is 0.885. The summed E-state index contributed by atoms with van der Waals surface area (Å²) in [5.74, 6) is -0.00971. The smallest absolute Gasteiger partial charge is 0.244 e. The lowest BCUT2D eigenvalue weighted by atomic mass is 10.2. The van der Waals surface area contributed by atoms with Gasteiger partial charge >= 0.3 is 0 Å². The fraction of sp³-hybridized carbons (Fsp3) is 0.353. The lowest BCUT2D eigenvalue weighted by Crippen LogP contribution is -2.40. The van der Waals surface area contributed by atoms with Crippen LogP contribution in [0.1, 0.15) is 17.5 Å². The van der Waals surface area contributed by atoms with Gasteiger partial charge in [-0.05, 0) is 12.1 Å². The predicted molar refractivity (Wildman–Crippen MR) is 89.4 cm³/mol. The van der Waals surface area contributed by atoms with E-state index in [0.29, 0.717) is 25.3 Å². The minimum absolute atomic E-state index is 0.00971. The Morgan fingerprint density at radius 3 is 2.88 bits per heavy atom. The first kappa shape index (κ1) is 15.8. The number of nitrogens with zero attached hydrogens (tertiary/aromatic N) is 5. The topological polar surface area (TPSA) is 96.4 Å². The van der Waals surface area contributed by atoms with E-state index in [0.717, 1.165) is 16.6 Å². The number of aliphatic hydroxyl groups excluding tert-OH is 2. The number of benzene rings is 1. The van der Waals surface area contributed by atoms with Crippen molar-refractivity contribution in [1.29, 1.82) is 0 Å². The van der Waals surface area contributed by atoms with Gasteiger partial charge < -0.3 is 15.1 Å². The average Bonchev–Trinajstić information content (AvgIpc) is 3.23. The molecule has 0 aliphatic carbocycles. The number of hydrogen-bond acceptors (Lipinski definition) is 5. The molecule has 0 unspecified atom stereocenters. The minimum atomic E-state index is -0.987. The summed E-state index contributed by atoms with van der Waals surface area (Å²) in [4.78, 5) is 14.4. The van der Waals surface area contributed by atoms with Crippen molar-refractivity contribution in [2.75, 3.05) is 13.2 Å². The molecule has 0 saturated carbocycles. The fourth-order valence-electron chi connectivity index (χ4n) is 3.09. The quantitative estimate of drug-likeness (QED) is 0.711. The Morgan fingerprint density at radius 2 is 2.08 bits per heavy atom. The molecule has 0 spiro atoms. The molecule has 130 valence electrons.